The van der Waals surface area contributed by atoms with Crippen molar-refractivity contribution in [1.82, 2.24) is 19.4 Å². The summed E-state index contributed by atoms with van der Waals surface area (Å²) in [6.07, 6.45) is 10.9. The third-order valence-electron chi connectivity index (χ3n) is 6.69. The number of amides is 1. The molecule has 0 saturated carbocycles. The maximum atomic E-state index is 12.5. The van der Waals surface area contributed by atoms with Crippen LogP contribution in [0.3, 0.4) is 0 Å². The van der Waals surface area contributed by atoms with Crippen LogP contribution in [-0.2, 0) is 11.2 Å². The molecule has 158 valence electrons. The van der Waals surface area contributed by atoms with Gasteiger partial charge in [0.05, 0.1) is 35.0 Å². The fraction of sp³-hybridized carbons (Fsp3) is 0.320. The molecule has 0 spiro atoms. The lowest BCUT2D eigenvalue weighted by molar-refractivity contribution is -0.132. The first-order chi connectivity index (χ1) is 15.6. The van der Waals surface area contributed by atoms with Crippen molar-refractivity contribution >= 4 is 22.4 Å². The molecule has 32 heavy (non-hydrogen) atoms. The van der Waals surface area contributed by atoms with Crippen molar-refractivity contribution in [3.63, 3.8) is 0 Å². The summed E-state index contributed by atoms with van der Waals surface area (Å²) < 4.78 is 2.25. The Hall–Kier alpha value is -3.97. The van der Waals surface area contributed by atoms with Gasteiger partial charge in [-0.1, -0.05) is 13.0 Å². The highest BCUT2D eigenvalue weighted by atomic mass is 16.2. The summed E-state index contributed by atoms with van der Waals surface area (Å²) in [4.78, 5) is 23.1. The summed E-state index contributed by atoms with van der Waals surface area (Å²) in [7, 11) is 0. The summed E-state index contributed by atoms with van der Waals surface area (Å²) in [6, 6.07) is 8.30. The van der Waals surface area contributed by atoms with Gasteiger partial charge in [0.2, 0.25) is 5.91 Å². The van der Waals surface area contributed by atoms with Crippen molar-refractivity contribution in [3.8, 4) is 23.3 Å². The minimum Gasteiger partial charge on any atom is -0.341 e. The number of fused-ring (bicyclic) bond motifs is 3. The lowest BCUT2D eigenvalue weighted by Crippen LogP contribution is -2.43. The van der Waals surface area contributed by atoms with Crippen LogP contribution >= 0.6 is 0 Å². The molecule has 3 aromatic rings. The number of allylic oxidation sites excluding steroid dienone is 2. The molecule has 1 aliphatic carbocycles. The van der Waals surface area contributed by atoms with Crippen LogP contribution in [0, 0.1) is 28.6 Å². The van der Waals surface area contributed by atoms with E-state index < -0.39 is 0 Å². The molecule has 1 saturated heterocycles. The van der Waals surface area contributed by atoms with E-state index in [9.17, 15) is 10.1 Å². The lowest BCUT2D eigenvalue weighted by atomic mass is 9.92. The number of piperidine rings is 1. The molecule has 0 unspecified atom stereocenters. The van der Waals surface area contributed by atoms with Crippen molar-refractivity contribution in [2.24, 2.45) is 5.92 Å². The van der Waals surface area contributed by atoms with Crippen LogP contribution in [0.5, 0.6) is 0 Å². The van der Waals surface area contributed by atoms with Crippen molar-refractivity contribution in [3.05, 3.63) is 54.3 Å². The predicted molar refractivity (Wildman–Crippen MR) is 120 cm³/mol. The smallest absolute Gasteiger partial charge is 0.236 e. The van der Waals surface area contributed by atoms with E-state index in [4.69, 9.17) is 5.26 Å². The second-order valence-corrected chi connectivity index (χ2v) is 8.47. The summed E-state index contributed by atoms with van der Waals surface area (Å²) in [5.41, 5.74) is 5.54. The molecule has 5 rings (SSSR count). The van der Waals surface area contributed by atoms with Crippen LogP contribution < -0.4 is 0 Å². The normalized spacial score (nSPS) is 19.8. The van der Waals surface area contributed by atoms with Gasteiger partial charge in [-0.2, -0.15) is 10.5 Å². The molecule has 0 radical (unpaired) electrons. The van der Waals surface area contributed by atoms with E-state index in [1.807, 2.05) is 30.5 Å². The van der Waals surface area contributed by atoms with Crippen molar-refractivity contribution < 1.29 is 4.79 Å². The van der Waals surface area contributed by atoms with Gasteiger partial charge >= 0.3 is 0 Å². The van der Waals surface area contributed by atoms with Crippen molar-refractivity contribution in [2.45, 2.75) is 32.2 Å². The Kier molecular flexibility index (Phi) is 4.95. The highest BCUT2D eigenvalue weighted by Gasteiger charge is 2.33. The van der Waals surface area contributed by atoms with Gasteiger partial charge in [0.15, 0.2) is 0 Å². The Morgan fingerprint density at radius 1 is 1.28 bits per heavy atom. The van der Waals surface area contributed by atoms with Crippen LogP contribution in [0.2, 0.25) is 0 Å². The Morgan fingerprint density at radius 2 is 2.09 bits per heavy atom. The maximum Gasteiger partial charge on any atom is 0.236 e. The zero-order valence-electron chi connectivity index (χ0n) is 17.8. The lowest BCUT2D eigenvalue weighted by Gasteiger charge is -2.38. The average molecular weight is 422 g/mol. The van der Waals surface area contributed by atoms with Crippen LogP contribution in [0.25, 0.3) is 27.6 Å². The monoisotopic (exact) mass is 422 g/mol. The molecule has 7 nitrogen and oxygen atoms in total. The van der Waals surface area contributed by atoms with E-state index >= 15 is 0 Å². The molecule has 0 N–H and O–H groups in total. The molecule has 2 atom stereocenters. The number of likely N-dealkylation sites (tertiary alicyclic amines) is 1. The van der Waals surface area contributed by atoms with E-state index in [2.05, 4.69) is 33.7 Å². The third kappa shape index (κ3) is 3.14. The van der Waals surface area contributed by atoms with Crippen LogP contribution in [0.1, 0.15) is 37.1 Å². The van der Waals surface area contributed by atoms with Gasteiger partial charge in [-0.3, -0.25) is 14.8 Å². The number of hydrogen-bond donors (Lipinski definition) is 0. The molecule has 1 amide bonds. The number of carbonyl (C=O) groups is 1. The number of hydrogen-bond acceptors (Lipinski definition) is 5. The maximum absolute atomic E-state index is 12.5. The number of nitriles is 2. The van der Waals surface area contributed by atoms with Gasteiger partial charge in [0.1, 0.15) is 6.42 Å². The number of aromatic nitrogens is 3. The molecular formula is C25H22N6O. The predicted octanol–water partition coefficient (Wildman–Crippen LogP) is 3.88. The van der Waals surface area contributed by atoms with Gasteiger partial charge in [0.25, 0.3) is 0 Å². The van der Waals surface area contributed by atoms with Crippen LogP contribution in [-0.4, -0.2) is 38.4 Å². The Labute approximate surface area is 186 Å². The number of pyridine rings is 2. The van der Waals surface area contributed by atoms with Crippen molar-refractivity contribution in [1.29, 1.82) is 10.5 Å². The average Bonchev–Trinajstić information content (AvgIpc) is 3.41. The van der Waals surface area contributed by atoms with E-state index in [1.165, 1.54) is 0 Å². The van der Waals surface area contributed by atoms with Crippen molar-refractivity contribution in [2.75, 3.05) is 13.1 Å². The van der Waals surface area contributed by atoms with E-state index in [-0.39, 0.29) is 18.4 Å². The largest absolute Gasteiger partial charge is 0.341 e. The highest BCUT2D eigenvalue weighted by Crippen LogP contribution is 2.41. The zero-order valence-corrected chi connectivity index (χ0v) is 17.8. The molecule has 7 heteroatoms. The summed E-state index contributed by atoms with van der Waals surface area (Å²) in [5, 5.41) is 19.8. The van der Waals surface area contributed by atoms with Gasteiger partial charge in [0, 0.05) is 60.8 Å². The summed E-state index contributed by atoms with van der Waals surface area (Å²) in [6.45, 7) is 3.42. The Balaban J connectivity index is 1.71. The molecule has 1 aliphatic heterocycles. The minimum atomic E-state index is -0.125. The molecule has 4 heterocycles. The first kappa shape index (κ1) is 20.0. The fourth-order valence-electron chi connectivity index (χ4n) is 4.96. The molecule has 0 bridgehead atoms. The summed E-state index contributed by atoms with van der Waals surface area (Å²) >= 11 is 0. The first-order valence-corrected chi connectivity index (χ1v) is 10.8. The minimum absolute atomic E-state index is 0.0384. The van der Waals surface area contributed by atoms with Gasteiger partial charge < -0.3 is 9.47 Å². The van der Waals surface area contributed by atoms with E-state index in [0.717, 1.165) is 39.7 Å². The number of nitrogens with zero attached hydrogens (tertiary/aromatic N) is 6. The molecule has 2 aliphatic rings. The summed E-state index contributed by atoms with van der Waals surface area (Å²) in [5.74, 6) is 0.210. The second-order valence-electron chi connectivity index (χ2n) is 8.47. The molecular weight excluding hydrogens is 400 g/mol. The Morgan fingerprint density at radius 3 is 2.84 bits per heavy atom. The SMILES string of the molecule is C[C@@H]1CCN(C(=O)CC#N)C[C@@H]1n1cc(-c2ccncc2)c2cnc3c(c21)C(C#N)=CC3. The zero-order chi connectivity index (χ0) is 22.2. The molecule has 1 fully saturated rings. The number of rotatable bonds is 3. The Bertz CT molecular complexity index is 1320. The standard InChI is InChI=1S/C25H22N6O/c1-16-7-11-30(23(32)4-8-26)15-22(16)31-14-20(17-5-9-28-10-6-17)19-13-29-21-3-2-18(12-27)24(21)25(19)31/h2,5-6,9-10,13-14,16,22H,3-4,7,11,15H2,1H3/t16-,22+/m1/s1. The second kappa shape index (κ2) is 7.94. The van der Waals surface area contributed by atoms with E-state index in [1.54, 1.807) is 17.3 Å². The van der Waals surface area contributed by atoms with Gasteiger partial charge in [-0.15, -0.1) is 0 Å². The fourth-order valence-corrected chi connectivity index (χ4v) is 4.96. The molecule has 3 aromatic heterocycles. The van der Waals surface area contributed by atoms with Gasteiger partial charge in [-0.05, 0) is 30.0 Å². The topological polar surface area (TPSA) is 98.6 Å². The number of carbonyl (C=O) groups excluding carboxylic acids is 1. The third-order valence-corrected chi connectivity index (χ3v) is 6.69. The van der Waals surface area contributed by atoms with Crippen LogP contribution in [0.15, 0.2) is 43.0 Å². The van der Waals surface area contributed by atoms with Crippen LogP contribution in [0.4, 0.5) is 0 Å². The quantitative estimate of drug-likeness (QED) is 0.638. The van der Waals surface area contributed by atoms with Gasteiger partial charge in [-0.25, -0.2) is 0 Å². The highest BCUT2D eigenvalue weighted by molar-refractivity contribution is 6.04. The molecule has 0 aromatic carbocycles. The van der Waals surface area contributed by atoms with E-state index in [0.29, 0.717) is 31.0 Å². The first-order valence-electron chi connectivity index (χ1n) is 10.8.